The number of hydrogen-bond donors (Lipinski definition) is 1. The third kappa shape index (κ3) is 2.51. The Bertz CT molecular complexity index is 755. The van der Waals surface area contributed by atoms with Gasteiger partial charge in [-0.25, -0.2) is 10.1 Å². The van der Waals surface area contributed by atoms with Crippen LogP contribution in [-0.4, -0.2) is 15.2 Å². The van der Waals surface area contributed by atoms with E-state index in [4.69, 9.17) is 0 Å². The van der Waals surface area contributed by atoms with Gasteiger partial charge < -0.3 is 0 Å². The Morgan fingerprint density at radius 3 is 2.63 bits per heavy atom. The monoisotopic (exact) mass is 269 g/mol. The quantitative estimate of drug-likeness (QED) is 0.742. The smallest absolute Gasteiger partial charge is 0.267 e. The van der Waals surface area contributed by atoms with Gasteiger partial charge in [-0.05, 0) is 18.2 Å². The zero-order valence-corrected chi connectivity index (χ0v) is 10.9. The number of rotatable bonds is 3. The van der Waals surface area contributed by atoms with Gasteiger partial charge in [-0.2, -0.15) is 5.10 Å². The molecule has 0 saturated carbocycles. The van der Waals surface area contributed by atoms with Crippen molar-refractivity contribution in [2.75, 3.05) is 0 Å². The molecule has 3 aromatic rings. The SMILES string of the molecule is O=c1[nH]nc(CSc2ccccn2)c2ccccc12. The molecular formula is C14H11N3OS. The van der Waals surface area contributed by atoms with E-state index in [1.54, 1.807) is 18.0 Å². The summed E-state index contributed by atoms with van der Waals surface area (Å²) in [6.45, 7) is 0. The minimum atomic E-state index is -0.151. The van der Waals surface area contributed by atoms with Crippen molar-refractivity contribution >= 4 is 22.5 Å². The van der Waals surface area contributed by atoms with Gasteiger partial charge in [-0.1, -0.05) is 36.0 Å². The molecule has 5 heteroatoms. The summed E-state index contributed by atoms with van der Waals surface area (Å²) in [6.07, 6.45) is 1.76. The van der Waals surface area contributed by atoms with Gasteiger partial charge in [0.25, 0.3) is 5.56 Å². The molecule has 0 bridgehead atoms. The molecule has 0 spiro atoms. The zero-order valence-electron chi connectivity index (χ0n) is 10.0. The number of aromatic nitrogens is 3. The first kappa shape index (κ1) is 11.9. The van der Waals surface area contributed by atoms with Crippen LogP contribution in [0.3, 0.4) is 0 Å². The maximum absolute atomic E-state index is 11.7. The molecule has 0 aliphatic rings. The molecule has 3 rings (SSSR count). The number of aromatic amines is 1. The highest BCUT2D eigenvalue weighted by atomic mass is 32.2. The summed E-state index contributed by atoms with van der Waals surface area (Å²) in [5.74, 6) is 0.675. The van der Waals surface area contributed by atoms with Crippen LogP contribution < -0.4 is 5.56 Å². The Balaban J connectivity index is 1.94. The summed E-state index contributed by atoms with van der Waals surface area (Å²) < 4.78 is 0. The van der Waals surface area contributed by atoms with Crippen LogP contribution in [-0.2, 0) is 5.75 Å². The Morgan fingerprint density at radius 1 is 1.05 bits per heavy atom. The first-order valence-electron chi connectivity index (χ1n) is 5.85. The fraction of sp³-hybridized carbons (Fsp3) is 0.0714. The molecule has 1 aromatic carbocycles. The molecule has 19 heavy (non-hydrogen) atoms. The molecule has 2 heterocycles. The fourth-order valence-electron chi connectivity index (χ4n) is 1.86. The molecule has 1 N–H and O–H groups in total. The summed E-state index contributed by atoms with van der Waals surface area (Å²) in [6, 6.07) is 13.3. The van der Waals surface area contributed by atoms with Crippen LogP contribution in [0, 0.1) is 0 Å². The normalized spacial score (nSPS) is 10.7. The van der Waals surface area contributed by atoms with Crippen molar-refractivity contribution in [3.05, 3.63) is 64.7 Å². The molecular weight excluding hydrogens is 258 g/mol. The van der Waals surface area contributed by atoms with Crippen molar-refractivity contribution in [1.82, 2.24) is 15.2 Å². The Hall–Kier alpha value is -2.14. The van der Waals surface area contributed by atoms with Crippen LogP contribution in [0.2, 0.25) is 0 Å². The van der Waals surface area contributed by atoms with Gasteiger partial charge in [-0.15, -0.1) is 0 Å². The number of hydrogen-bond acceptors (Lipinski definition) is 4. The Labute approximate surface area is 113 Å². The number of benzene rings is 1. The Kier molecular flexibility index (Phi) is 3.29. The largest absolute Gasteiger partial charge is 0.272 e. The fourth-order valence-corrected chi connectivity index (χ4v) is 2.67. The zero-order chi connectivity index (χ0) is 13.1. The van der Waals surface area contributed by atoms with Crippen LogP contribution in [0.25, 0.3) is 10.8 Å². The van der Waals surface area contributed by atoms with E-state index in [1.165, 1.54) is 0 Å². The number of fused-ring (bicyclic) bond motifs is 1. The second-order valence-corrected chi connectivity index (χ2v) is 5.00. The predicted molar refractivity (Wildman–Crippen MR) is 76.2 cm³/mol. The highest BCUT2D eigenvalue weighted by Gasteiger charge is 2.06. The first-order valence-corrected chi connectivity index (χ1v) is 6.83. The molecule has 2 aromatic heterocycles. The lowest BCUT2D eigenvalue weighted by Crippen LogP contribution is -2.10. The molecule has 0 fully saturated rings. The van der Waals surface area contributed by atoms with E-state index in [2.05, 4.69) is 15.2 Å². The van der Waals surface area contributed by atoms with Crippen LogP contribution >= 0.6 is 11.8 Å². The number of nitrogens with one attached hydrogen (secondary N) is 1. The van der Waals surface area contributed by atoms with Crippen molar-refractivity contribution in [2.45, 2.75) is 10.8 Å². The van der Waals surface area contributed by atoms with Gasteiger partial charge in [0.05, 0.1) is 16.1 Å². The first-order chi connectivity index (χ1) is 9.34. The Morgan fingerprint density at radius 2 is 1.84 bits per heavy atom. The van der Waals surface area contributed by atoms with E-state index in [0.717, 1.165) is 16.1 Å². The molecule has 0 aliphatic heterocycles. The van der Waals surface area contributed by atoms with Gasteiger partial charge in [0.15, 0.2) is 0 Å². The van der Waals surface area contributed by atoms with Crippen LogP contribution in [0.15, 0.2) is 58.5 Å². The van der Waals surface area contributed by atoms with Crippen molar-refractivity contribution < 1.29 is 0 Å². The lowest BCUT2D eigenvalue weighted by Gasteiger charge is -2.04. The standard InChI is InChI=1S/C14H11N3OS/c18-14-11-6-2-1-5-10(11)12(16-17-14)9-19-13-7-3-4-8-15-13/h1-8H,9H2,(H,17,18). The van der Waals surface area contributed by atoms with Crippen molar-refractivity contribution in [3.8, 4) is 0 Å². The van der Waals surface area contributed by atoms with Crippen molar-refractivity contribution in [3.63, 3.8) is 0 Å². The molecule has 94 valence electrons. The van der Waals surface area contributed by atoms with E-state index >= 15 is 0 Å². The van der Waals surface area contributed by atoms with E-state index in [0.29, 0.717) is 11.1 Å². The number of H-pyrrole nitrogens is 1. The van der Waals surface area contributed by atoms with Crippen molar-refractivity contribution in [2.24, 2.45) is 0 Å². The summed E-state index contributed by atoms with van der Waals surface area (Å²) in [4.78, 5) is 15.9. The summed E-state index contributed by atoms with van der Waals surface area (Å²) in [5.41, 5.74) is 0.716. The molecule has 0 atom stereocenters. The third-order valence-electron chi connectivity index (χ3n) is 2.77. The topological polar surface area (TPSA) is 58.6 Å². The van der Waals surface area contributed by atoms with Gasteiger partial charge in [0.2, 0.25) is 0 Å². The lowest BCUT2D eigenvalue weighted by atomic mass is 10.1. The molecule has 0 amide bonds. The highest BCUT2D eigenvalue weighted by molar-refractivity contribution is 7.98. The number of nitrogens with zero attached hydrogens (tertiary/aromatic N) is 2. The van der Waals surface area contributed by atoms with Crippen molar-refractivity contribution in [1.29, 1.82) is 0 Å². The third-order valence-corrected chi connectivity index (χ3v) is 3.72. The summed E-state index contributed by atoms with van der Waals surface area (Å²) >= 11 is 1.60. The highest BCUT2D eigenvalue weighted by Crippen LogP contribution is 2.22. The summed E-state index contributed by atoms with van der Waals surface area (Å²) in [7, 11) is 0. The van der Waals surface area contributed by atoms with Crippen LogP contribution in [0.1, 0.15) is 5.69 Å². The molecule has 4 nitrogen and oxygen atoms in total. The average Bonchev–Trinajstić information content (AvgIpc) is 2.48. The predicted octanol–water partition coefficient (Wildman–Crippen LogP) is 2.61. The molecule has 0 unspecified atom stereocenters. The molecule has 0 aliphatic carbocycles. The number of pyridine rings is 1. The molecule has 0 radical (unpaired) electrons. The van der Waals surface area contributed by atoms with Gasteiger partial charge >= 0.3 is 0 Å². The van der Waals surface area contributed by atoms with E-state index < -0.39 is 0 Å². The lowest BCUT2D eigenvalue weighted by molar-refractivity contribution is 0.961. The average molecular weight is 269 g/mol. The van der Waals surface area contributed by atoms with Gasteiger partial charge in [0.1, 0.15) is 0 Å². The maximum atomic E-state index is 11.7. The second-order valence-electron chi connectivity index (χ2n) is 4.00. The van der Waals surface area contributed by atoms with Crippen LogP contribution in [0.5, 0.6) is 0 Å². The maximum Gasteiger partial charge on any atom is 0.272 e. The van der Waals surface area contributed by atoms with Crippen LogP contribution in [0.4, 0.5) is 0 Å². The minimum absolute atomic E-state index is 0.151. The summed E-state index contributed by atoms with van der Waals surface area (Å²) in [5, 5.41) is 9.19. The second kappa shape index (κ2) is 5.24. The number of thioether (sulfide) groups is 1. The van der Waals surface area contributed by atoms with E-state index in [1.807, 2.05) is 42.5 Å². The van der Waals surface area contributed by atoms with Gasteiger partial charge in [-0.3, -0.25) is 4.79 Å². The van der Waals surface area contributed by atoms with Gasteiger partial charge in [0, 0.05) is 17.3 Å². The molecule has 0 saturated heterocycles. The van der Waals surface area contributed by atoms with E-state index in [9.17, 15) is 4.79 Å². The minimum Gasteiger partial charge on any atom is -0.267 e. The van der Waals surface area contributed by atoms with E-state index in [-0.39, 0.29) is 5.56 Å².